The third-order valence-electron chi connectivity index (χ3n) is 1.79. The molecular weight excluding hydrogens is 320 g/mol. The smallest absolute Gasteiger partial charge is 0.375 e. The summed E-state index contributed by atoms with van der Waals surface area (Å²) in [5.74, 6) is -2.16. The molecule has 0 unspecified atom stereocenters. The molecule has 0 saturated carbocycles. The number of halogens is 1. The Balaban J connectivity index is 2.60. The van der Waals surface area contributed by atoms with Gasteiger partial charge < -0.3 is 4.74 Å². The monoisotopic (exact) mass is 332 g/mol. The van der Waals surface area contributed by atoms with Gasteiger partial charge in [-0.1, -0.05) is 0 Å². The highest BCUT2D eigenvalue weighted by Crippen LogP contribution is 2.21. The molecule has 1 rings (SSSR count). The average Bonchev–Trinajstić information content (AvgIpc) is 2.62. The molecule has 1 aromatic heterocycles. The molecule has 0 amide bonds. The summed E-state index contributed by atoms with van der Waals surface area (Å²) in [5, 5.41) is 1.74. The van der Waals surface area contributed by atoms with E-state index in [-0.39, 0.29) is 5.78 Å². The molecule has 18 heavy (non-hydrogen) atoms. The summed E-state index contributed by atoms with van der Waals surface area (Å²) in [6.07, 6.45) is -0.456. The zero-order chi connectivity index (χ0) is 13.9. The Labute approximate surface area is 117 Å². The molecule has 1 aromatic rings. The van der Waals surface area contributed by atoms with E-state index in [1.165, 1.54) is 11.3 Å². The molecule has 0 aliphatic rings. The second-order valence-electron chi connectivity index (χ2n) is 4.65. The molecule has 0 aliphatic carbocycles. The van der Waals surface area contributed by atoms with E-state index in [0.717, 1.165) is 4.47 Å². The van der Waals surface area contributed by atoms with Crippen LogP contribution in [-0.2, 0) is 14.3 Å². The molecule has 0 aromatic carbocycles. The maximum Gasteiger partial charge on any atom is 0.375 e. The molecule has 0 N–H and O–H groups in total. The third kappa shape index (κ3) is 4.70. The number of rotatable bonds is 4. The van der Waals surface area contributed by atoms with Gasteiger partial charge >= 0.3 is 5.97 Å². The van der Waals surface area contributed by atoms with Crippen molar-refractivity contribution in [1.29, 1.82) is 0 Å². The standard InChI is InChI=1S/C12H13BrO4S/c1-12(2,3)17-11(16)9(15)5-8(14)10-4-7(13)6-18-10/h4,6H,5H2,1-3H3. The first-order valence-electron chi connectivity index (χ1n) is 5.22. The van der Waals surface area contributed by atoms with Gasteiger partial charge in [0.1, 0.15) is 5.60 Å². The zero-order valence-corrected chi connectivity index (χ0v) is 12.7. The predicted octanol–water partition coefficient (Wildman–Crippen LogP) is 2.99. The number of carbonyl (C=O) groups is 3. The number of Topliss-reactive ketones (excluding diaryl/α,β-unsaturated/α-hetero) is 2. The van der Waals surface area contributed by atoms with Gasteiger partial charge in [0.05, 0.1) is 11.3 Å². The van der Waals surface area contributed by atoms with Crippen LogP contribution < -0.4 is 0 Å². The fourth-order valence-electron chi connectivity index (χ4n) is 1.10. The lowest BCUT2D eigenvalue weighted by Gasteiger charge is -2.18. The maximum atomic E-state index is 11.7. The Morgan fingerprint density at radius 3 is 2.39 bits per heavy atom. The van der Waals surface area contributed by atoms with Crippen LogP contribution in [0.4, 0.5) is 0 Å². The van der Waals surface area contributed by atoms with Gasteiger partial charge in [-0.25, -0.2) is 4.79 Å². The first-order valence-corrected chi connectivity index (χ1v) is 6.90. The summed E-state index contributed by atoms with van der Waals surface area (Å²) in [5.41, 5.74) is -0.734. The van der Waals surface area contributed by atoms with Crippen LogP contribution in [0.15, 0.2) is 15.9 Å². The Kier molecular flexibility index (Phi) is 4.81. The SMILES string of the molecule is CC(C)(C)OC(=O)C(=O)CC(=O)c1cc(Br)cs1. The average molecular weight is 333 g/mol. The summed E-state index contributed by atoms with van der Waals surface area (Å²) in [6.45, 7) is 4.99. The summed E-state index contributed by atoms with van der Waals surface area (Å²) >= 11 is 4.44. The van der Waals surface area contributed by atoms with E-state index in [1.54, 1.807) is 32.2 Å². The summed E-state index contributed by atoms with van der Waals surface area (Å²) in [6, 6.07) is 1.62. The second kappa shape index (κ2) is 5.75. The van der Waals surface area contributed by atoms with E-state index in [0.29, 0.717) is 4.88 Å². The van der Waals surface area contributed by atoms with E-state index in [9.17, 15) is 14.4 Å². The first kappa shape index (κ1) is 15.0. The van der Waals surface area contributed by atoms with Gasteiger partial charge in [-0.05, 0) is 42.8 Å². The predicted molar refractivity (Wildman–Crippen MR) is 71.8 cm³/mol. The molecular formula is C12H13BrO4S. The van der Waals surface area contributed by atoms with Crippen LogP contribution in [0.3, 0.4) is 0 Å². The fourth-order valence-corrected chi connectivity index (χ4v) is 2.47. The number of esters is 1. The lowest BCUT2D eigenvalue weighted by Crippen LogP contribution is -2.29. The van der Waals surface area contributed by atoms with E-state index >= 15 is 0 Å². The lowest BCUT2D eigenvalue weighted by molar-refractivity contribution is -0.162. The quantitative estimate of drug-likeness (QED) is 0.368. The van der Waals surface area contributed by atoms with Crippen LogP contribution in [0.1, 0.15) is 36.9 Å². The van der Waals surface area contributed by atoms with Gasteiger partial charge in [0.2, 0.25) is 5.78 Å². The van der Waals surface area contributed by atoms with Crippen LogP contribution >= 0.6 is 27.3 Å². The summed E-state index contributed by atoms with van der Waals surface area (Å²) in [4.78, 5) is 35.1. The number of thiophene rings is 1. The fraction of sp³-hybridized carbons (Fsp3) is 0.417. The molecule has 0 saturated heterocycles. The topological polar surface area (TPSA) is 60.4 Å². The van der Waals surface area contributed by atoms with Crippen molar-refractivity contribution in [2.75, 3.05) is 0 Å². The highest BCUT2D eigenvalue weighted by molar-refractivity contribution is 9.10. The Bertz CT molecular complexity index is 485. The van der Waals surface area contributed by atoms with E-state index in [2.05, 4.69) is 15.9 Å². The van der Waals surface area contributed by atoms with Crippen molar-refractivity contribution in [3.63, 3.8) is 0 Å². The highest BCUT2D eigenvalue weighted by Gasteiger charge is 2.25. The number of ether oxygens (including phenoxy) is 1. The van der Waals surface area contributed by atoms with E-state index in [1.807, 2.05) is 0 Å². The van der Waals surface area contributed by atoms with Crippen molar-refractivity contribution in [2.45, 2.75) is 32.8 Å². The van der Waals surface area contributed by atoms with E-state index in [4.69, 9.17) is 4.74 Å². The number of hydrogen-bond acceptors (Lipinski definition) is 5. The first-order chi connectivity index (χ1) is 8.19. The normalized spacial score (nSPS) is 11.1. The Morgan fingerprint density at radius 2 is 1.94 bits per heavy atom. The van der Waals surface area contributed by atoms with Gasteiger partial charge in [-0.15, -0.1) is 11.3 Å². The van der Waals surface area contributed by atoms with Crippen LogP contribution in [-0.4, -0.2) is 23.1 Å². The molecule has 0 atom stereocenters. The highest BCUT2D eigenvalue weighted by atomic mass is 79.9. The minimum absolute atomic E-state index is 0.374. The van der Waals surface area contributed by atoms with Gasteiger partial charge in [-0.3, -0.25) is 9.59 Å². The minimum Gasteiger partial charge on any atom is -0.454 e. The molecule has 4 nitrogen and oxygen atoms in total. The molecule has 0 fully saturated rings. The van der Waals surface area contributed by atoms with Crippen molar-refractivity contribution < 1.29 is 19.1 Å². The van der Waals surface area contributed by atoms with Crippen molar-refractivity contribution in [1.82, 2.24) is 0 Å². The van der Waals surface area contributed by atoms with Crippen molar-refractivity contribution >= 4 is 44.8 Å². The largest absolute Gasteiger partial charge is 0.454 e. The molecule has 0 bridgehead atoms. The van der Waals surface area contributed by atoms with E-state index < -0.39 is 23.8 Å². The van der Waals surface area contributed by atoms with Crippen LogP contribution in [0, 0.1) is 0 Å². The van der Waals surface area contributed by atoms with Crippen LogP contribution in [0.2, 0.25) is 0 Å². The molecule has 1 heterocycles. The van der Waals surface area contributed by atoms with Crippen molar-refractivity contribution in [3.8, 4) is 0 Å². The second-order valence-corrected chi connectivity index (χ2v) is 6.48. The number of ketones is 2. The number of carbonyl (C=O) groups excluding carboxylic acids is 3. The summed E-state index contributed by atoms with van der Waals surface area (Å²) in [7, 11) is 0. The van der Waals surface area contributed by atoms with Gasteiger partial charge in [0.15, 0.2) is 5.78 Å². The molecule has 0 aliphatic heterocycles. The Hall–Kier alpha value is -1.01. The Morgan fingerprint density at radius 1 is 1.33 bits per heavy atom. The number of hydrogen-bond donors (Lipinski definition) is 0. The zero-order valence-electron chi connectivity index (χ0n) is 10.3. The lowest BCUT2D eigenvalue weighted by atomic mass is 10.1. The summed E-state index contributed by atoms with van der Waals surface area (Å²) < 4.78 is 5.67. The third-order valence-corrected chi connectivity index (χ3v) is 3.52. The van der Waals surface area contributed by atoms with Gasteiger partial charge in [0.25, 0.3) is 0 Å². The molecule has 0 spiro atoms. The van der Waals surface area contributed by atoms with Crippen LogP contribution in [0.5, 0.6) is 0 Å². The van der Waals surface area contributed by atoms with Crippen molar-refractivity contribution in [3.05, 3.63) is 20.8 Å². The maximum absolute atomic E-state index is 11.7. The molecule has 6 heteroatoms. The molecule has 98 valence electrons. The van der Waals surface area contributed by atoms with Gasteiger partial charge in [0, 0.05) is 9.85 Å². The molecule has 0 radical (unpaired) electrons. The van der Waals surface area contributed by atoms with Crippen molar-refractivity contribution in [2.24, 2.45) is 0 Å². The van der Waals surface area contributed by atoms with Gasteiger partial charge in [-0.2, -0.15) is 0 Å². The minimum atomic E-state index is -0.966. The van der Waals surface area contributed by atoms with Crippen LogP contribution in [0.25, 0.3) is 0 Å².